The molecule has 2 atom stereocenters. The average Bonchev–Trinajstić information content (AvgIpc) is 3.27. The summed E-state index contributed by atoms with van der Waals surface area (Å²) < 4.78 is 0. The van der Waals surface area contributed by atoms with Gasteiger partial charge >= 0.3 is 0 Å². The smallest absolute Gasteiger partial charge is 0.0991 e. The summed E-state index contributed by atoms with van der Waals surface area (Å²) in [6.45, 7) is 7.23. The number of nitrogens with zero attached hydrogens (tertiary/aromatic N) is 3. The lowest BCUT2D eigenvalue weighted by atomic mass is 10.0. The van der Waals surface area contributed by atoms with E-state index in [-0.39, 0.29) is 0 Å². The van der Waals surface area contributed by atoms with Gasteiger partial charge in [0.15, 0.2) is 0 Å². The summed E-state index contributed by atoms with van der Waals surface area (Å²) in [4.78, 5) is 5.29. The third-order valence-electron chi connectivity index (χ3n) is 6.00. The maximum atomic E-state index is 8.94. The van der Waals surface area contributed by atoms with Crippen LogP contribution >= 0.6 is 0 Å². The minimum atomic E-state index is 0.688. The van der Waals surface area contributed by atoms with E-state index >= 15 is 0 Å². The number of hydrogen-bond acceptors (Lipinski definition) is 3. The van der Waals surface area contributed by atoms with Gasteiger partial charge in [-0.1, -0.05) is 37.6 Å². The summed E-state index contributed by atoms with van der Waals surface area (Å²) in [7, 11) is 0. The van der Waals surface area contributed by atoms with Gasteiger partial charge in [0.25, 0.3) is 0 Å². The first-order valence-corrected chi connectivity index (χ1v) is 9.88. The Morgan fingerprint density at radius 3 is 2.35 bits per heavy atom. The molecule has 3 nitrogen and oxygen atoms in total. The fourth-order valence-corrected chi connectivity index (χ4v) is 4.52. The molecule has 2 aliphatic heterocycles. The van der Waals surface area contributed by atoms with E-state index in [0.29, 0.717) is 11.6 Å². The molecule has 0 aromatic heterocycles. The second-order valence-corrected chi connectivity index (χ2v) is 7.66. The van der Waals surface area contributed by atoms with E-state index in [1.165, 1.54) is 62.3 Å². The molecular formula is C23H27N3. The molecule has 2 aromatic carbocycles. The van der Waals surface area contributed by atoms with Gasteiger partial charge in [-0.2, -0.15) is 5.26 Å². The lowest BCUT2D eigenvalue weighted by Crippen LogP contribution is -2.35. The number of unbranched alkanes of at least 4 members (excludes halogenated alkanes) is 1. The Balaban J connectivity index is 1.46. The number of likely N-dealkylation sites (tertiary alicyclic amines) is 1. The Bertz CT molecular complexity index is 773. The summed E-state index contributed by atoms with van der Waals surface area (Å²) in [6, 6.07) is 19.7. The van der Waals surface area contributed by atoms with Crippen molar-refractivity contribution in [3.8, 4) is 17.2 Å². The van der Waals surface area contributed by atoms with Crippen molar-refractivity contribution >= 4 is 5.69 Å². The van der Waals surface area contributed by atoms with Crippen LogP contribution in [-0.2, 0) is 0 Å². The van der Waals surface area contributed by atoms with Crippen molar-refractivity contribution in [2.45, 2.75) is 32.2 Å². The Morgan fingerprint density at radius 1 is 1.00 bits per heavy atom. The number of nitriles is 1. The molecule has 4 rings (SSSR count). The minimum absolute atomic E-state index is 0.688. The molecular weight excluding hydrogens is 318 g/mol. The molecule has 2 heterocycles. The highest BCUT2D eigenvalue weighted by Crippen LogP contribution is 2.35. The summed E-state index contributed by atoms with van der Waals surface area (Å²) in [5, 5.41) is 8.94. The molecule has 0 amide bonds. The number of fused-ring (bicyclic) bond motifs is 1. The summed E-state index contributed by atoms with van der Waals surface area (Å²) in [6.07, 6.45) is 3.93. The lowest BCUT2D eigenvalue weighted by molar-refractivity contribution is 0.312. The van der Waals surface area contributed by atoms with Crippen molar-refractivity contribution in [3.63, 3.8) is 0 Å². The second kappa shape index (κ2) is 7.51. The zero-order chi connectivity index (χ0) is 17.9. The molecule has 2 aromatic rings. The van der Waals surface area contributed by atoms with Crippen molar-refractivity contribution in [1.82, 2.24) is 4.90 Å². The van der Waals surface area contributed by atoms with Crippen molar-refractivity contribution in [3.05, 3.63) is 54.1 Å². The summed E-state index contributed by atoms with van der Waals surface area (Å²) >= 11 is 0. The first-order chi connectivity index (χ1) is 12.8. The molecule has 2 aliphatic rings. The van der Waals surface area contributed by atoms with Crippen LogP contribution in [0.4, 0.5) is 5.69 Å². The molecule has 2 fully saturated rings. The fourth-order valence-electron chi connectivity index (χ4n) is 4.52. The van der Waals surface area contributed by atoms with Crippen LogP contribution in [0, 0.1) is 17.2 Å². The van der Waals surface area contributed by atoms with E-state index < -0.39 is 0 Å². The van der Waals surface area contributed by atoms with Crippen LogP contribution in [-0.4, -0.2) is 37.1 Å². The van der Waals surface area contributed by atoms with Crippen molar-refractivity contribution in [1.29, 1.82) is 5.26 Å². The van der Waals surface area contributed by atoms with Crippen LogP contribution in [0.3, 0.4) is 0 Å². The Labute approximate surface area is 156 Å². The molecule has 3 heteroatoms. The lowest BCUT2D eigenvalue weighted by Gasteiger charge is -2.27. The van der Waals surface area contributed by atoms with E-state index in [2.05, 4.69) is 47.1 Å². The summed E-state index contributed by atoms with van der Waals surface area (Å²) in [5.41, 5.74) is 4.45. The predicted octanol–water partition coefficient (Wildman–Crippen LogP) is 4.54. The van der Waals surface area contributed by atoms with Gasteiger partial charge in [0.1, 0.15) is 0 Å². The zero-order valence-corrected chi connectivity index (χ0v) is 15.6. The van der Waals surface area contributed by atoms with E-state index in [0.717, 1.165) is 5.92 Å². The first kappa shape index (κ1) is 17.1. The molecule has 26 heavy (non-hydrogen) atoms. The van der Waals surface area contributed by atoms with Gasteiger partial charge in [-0.15, -0.1) is 0 Å². The Hall–Kier alpha value is -2.31. The molecule has 2 saturated heterocycles. The van der Waals surface area contributed by atoms with E-state index in [4.69, 9.17) is 5.26 Å². The zero-order valence-electron chi connectivity index (χ0n) is 15.6. The van der Waals surface area contributed by atoms with Gasteiger partial charge in [-0.05, 0) is 60.7 Å². The van der Waals surface area contributed by atoms with Crippen LogP contribution in [0.15, 0.2) is 48.5 Å². The molecule has 0 aliphatic carbocycles. The highest BCUT2D eigenvalue weighted by atomic mass is 15.3. The van der Waals surface area contributed by atoms with Gasteiger partial charge < -0.3 is 9.80 Å². The molecule has 134 valence electrons. The van der Waals surface area contributed by atoms with Gasteiger partial charge in [0, 0.05) is 31.4 Å². The molecule has 0 N–H and O–H groups in total. The van der Waals surface area contributed by atoms with Crippen molar-refractivity contribution in [2.75, 3.05) is 31.1 Å². The van der Waals surface area contributed by atoms with Gasteiger partial charge in [-0.3, -0.25) is 0 Å². The Morgan fingerprint density at radius 2 is 1.69 bits per heavy atom. The van der Waals surface area contributed by atoms with Gasteiger partial charge in [0.2, 0.25) is 0 Å². The van der Waals surface area contributed by atoms with Crippen LogP contribution in [0.5, 0.6) is 0 Å². The monoisotopic (exact) mass is 345 g/mol. The van der Waals surface area contributed by atoms with Crippen LogP contribution in [0.2, 0.25) is 0 Å². The molecule has 0 spiro atoms. The maximum Gasteiger partial charge on any atom is 0.0991 e. The molecule has 0 unspecified atom stereocenters. The minimum Gasteiger partial charge on any atom is -0.367 e. The fraction of sp³-hybridized carbons (Fsp3) is 0.435. The molecule has 0 radical (unpaired) electrons. The average molecular weight is 345 g/mol. The van der Waals surface area contributed by atoms with Crippen LogP contribution < -0.4 is 4.90 Å². The third kappa shape index (κ3) is 3.34. The topological polar surface area (TPSA) is 30.3 Å². The van der Waals surface area contributed by atoms with Crippen molar-refractivity contribution < 1.29 is 0 Å². The van der Waals surface area contributed by atoms with Crippen LogP contribution in [0.25, 0.3) is 11.1 Å². The number of hydrogen-bond donors (Lipinski definition) is 0. The van der Waals surface area contributed by atoms with Crippen molar-refractivity contribution in [2.24, 2.45) is 5.92 Å². The van der Waals surface area contributed by atoms with Gasteiger partial charge in [0.05, 0.1) is 11.6 Å². The maximum absolute atomic E-state index is 8.94. The highest BCUT2D eigenvalue weighted by Gasteiger charge is 2.40. The number of anilines is 1. The van der Waals surface area contributed by atoms with E-state index in [1.807, 2.05) is 24.3 Å². The molecule has 0 saturated carbocycles. The van der Waals surface area contributed by atoms with Gasteiger partial charge in [-0.25, -0.2) is 0 Å². The Kier molecular flexibility index (Phi) is 4.95. The number of benzene rings is 2. The van der Waals surface area contributed by atoms with Crippen LogP contribution in [0.1, 0.15) is 31.7 Å². The predicted molar refractivity (Wildman–Crippen MR) is 107 cm³/mol. The SMILES string of the molecule is CCCCN1C[C@H]2CCN(c3ccc(-c4ccc(C#N)cc4)cc3)[C@H]2C1. The highest BCUT2D eigenvalue weighted by molar-refractivity contribution is 5.67. The third-order valence-corrected chi connectivity index (χ3v) is 6.00. The second-order valence-electron chi connectivity index (χ2n) is 7.66. The van der Waals surface area contributed by atoms with E-state index in [1.54, 1.807) is 0 Å². The molecule has 0 bridgehead atoms. The normalized spacial score (nSPS) is 22.4. The summed E-state index contributed by atoms with van der Waals surface area (Å²) in [5.74, 6) is 0.838. The largest absolute Gasteiger partial charge is 0.367 e. The first-order valence-electron chi connectivity index (χ1n) is 9.88. The standard InChI is InChI=1S/C23H27N3/c1-2-3-13-25-16-21-12-14-26(23(21)17-25)22-10-8-20(9-11-22)19-6-4-18(15-24)5-7-19/h4-11,21,23H,2-3,12-14,16-17H2,1H3/t21-,23+/m1/s1. The van der Waals surface area contributed by atoms with E-state index in [9.17, 15) is 0 Å². The number of rotatable bonds is 5. The quantitative estimate of drug-likeness (QED) is 0.797.